The number of nitrogens with one attached hydrogen (secondary N) is 1. The Kier molecular flexibility index (Phi) is 13.9. The summed E-state index contributed by atoms with van der Waals surface area (Å²) < 4.78 is 39.7. The van der Waals surface area contributed by atoms with Crippen LogP contribution in [0.5, 0.6) is 0 Å². The summed E-state index contributed by atoms with van der Waals surface area (Å²) in [5.41, 5.74) is 5.46. The summed E-state index contributed by atoms with van der Waals surface area (Å²) in [6, 6.07) is 48.2. The predicted octanol–water partition coefficient (Wildman–Crippen LogP) is 6.67. The van der Waals surface area contributed by atoms with Gasteiger partial charge in [0.25, 0.3) is 0 Å². The third-order valence-electron chi connectivity index (χ3n) is 10.7. The molecule has 5 aromatic carbocycles. The van der Waals surface area contributed by atoms with E-state index in [-0.39, 0.29) is 32.7 Å². The van der Waals surface area contributed by atoms with Crippen molar-refractivity contribution in [2.45, 2.75) is 85.5 Å². The third-order valence-corrected chi connectivity index (χ3v) is 13.3. The fraction of sp³-hybridized carbons (Fsp3) is 0.312. The van der Waals surface area contributed by atoms with E-state index in [1.54, 1.807) is 24.3 Å². The Morgan fingerprint density at radius 3 is 1.69 bits per heavy atom. The van der Waals surface area contributed by atoms with E-state index in [1.165, 1.54) is 0 Å². The maximum atomic E-state index is 13.3. The minimum absolute atomic E-state index is 0.00344. The van der Waals surface area contributed by atoms with Gasteiger partial charge in [0.15, 0.2) is 0 Å². The van der Waals surface area contributed by atoms with E-state index >= 15 is 0 Å². The van der Waals surface area contributed by atoms with Gasteiger partial charge in [0.1, 0.15) is 0 Å². The molecule has 9 nitrogen and oxygen atoms in total. The molecular weight excluding hydrogens is 797 g/mol. The second-order valence-electron chi connectivity index (χ2n) is 14.8. The van der Waals surface area contributed by atoms with Gasteiger partial charge in [0.2, 0.25) is 0 Å². The van der Waals surface area contributed by atoms with Gasteiger partial charge < -0.3 is 0 Å². The van der Waals surface area contributed by atoms with Crippen molar-refractivity contribution >= 4 is 20.9 Å². The number of rotatable bonds is 17. The van der Waals surface area contributed by atoms with Crippen LogP contribution < -0.4 is 5.32 Å². The van der Waals surface area contributed by atoms with Crippen LogP contribution in [-0.2, 0) is 54.8 Å². The molecule has 2 heterocycles. The van der Waals surface area contributed by atoms with E-state index in [9.17, 15) is 9.90 Å². The summed E-state index contributed by atoms with van der Waals surface area (Å²) >= 11 is 0.00344. The van der Waals surface area contributed by atoms with Crippen molar-refractivity contribution in [1.29, 1.82) is 0 Å². The van der Waals surface area contributed by atoms with E-state index < -0.39 is 48.6 Å². The molecule has 2 saturated heterocycles. The molecule has 2 bridgehead atoms. The van der Waals surface area contributed by atoms with Gasteiger partial charge in [-0.05, 0) is 0 Å². The third kappa shape index (κ3) is 10.2. The molecular formula is C48H49NO8Se. The van der Waals surface area contributed by atoms with Crippen LogP contribution >= 0.6 is 0 Å². The molecule has 300 valence electrons. The van der Waals surface area contributed by atoms with Crippen LogP contribution in [0.3, 0.4) is 0 Å². The number of carbonyl (C=O) groups excluding carboxylic acids is 1. The number of aliphatic hydroxyl groups excluding tert-OH is 1. The van der Waals surface area contributed by atoms with Crippen LogP contribution in [0.4, 0.5) is 0 Å². The van der Waals surface area contributed by atoms with Crippen molar-refractivity contribution in [2.24, 2.45) is 0 Å². The molecule has 0 spiro atoms. The Balaban J connectivity index is 1.13. The number of carbonyl (C=O) groups is 1. The molecule has 2 N–H and O–H groups in total. The summed E-state index contributed by atoms with van der Waals surface area (Å²) in [4.78, 5) is 13.3. The zero-order valence-electron chi connectivity index (χ0n) is 32.2. The molecule has 1 aliphatic carbocycles. The normalized spacial score (nSPS) is 26.5. The molecule has 58 heavy (non-hydrogen) atoms. The van der Waals surface area contributed by atoms with Gasteiger partial charge in [-0.25, -0.2) is 0 Å². The van der Waals surface area contributed by atoms with Gasteiger partial charge in [-0.3, -0.25) is 0 Å². The summed E-state index contributed by atoms with van der Waals surface area (Å²) in [7, 11) is 0. The van der Waals surface area contributed by atoms with Crippen LogP contribution in [-0.4, -0.2) is 86.3 Å². The number of hydrogen-bond donors (Lipinski definition) is 2. The average Bonchev–Trinajstić information content (AvgIpc) is 3.72. The first-order chi connectivity index (χ1) is 28.6. The summed E-state index contributed by atoms with van der Waals surface area (Å²) in [6.45, 7) is 1.69. The van der Waals surface area contributed by atoms with E-state index in [1.807, 2.05) is 127 Å². The van der Waals surface area contributed by atoms with Gasteiger partial charge >= 0.3 is 305 Å². The first-order valence-electron chi connectivity index (χ1n) is 19.8. The van der Waals surface area contributed by atoms with Crippen LogP contribution in [0.2, 0.25) is 5.32 Å². The second-order valence-corrected chi connectivity index (χ2v) is 17.2. The van der Waals surface area contributed by atoms with Gasteiger partial charge in [-0.15, -0.1) is 0 Å². The maximum absolute atomic E-state index is 13.3. The van der Waals surface area contributed by atoms with Crippen LogP contribution in [0.15, 0.2) is 163 Å². The van der Waals surface area contributed by atoms with Crippen LogP contribution in [0.1, 0.15) is 32.6 Å². The van der Waals surface area contributed by atoms with Gasteiger partial charge in [0.05, 0.1) is 0 Å². The second kappa shape index (κ2) is 20.0. The molecule has 2 aliphatic heterocycles. The Bertz CT molecular complexity index is 2040. The number of aliphatic hydroxyl groups is 1. The monoisotopic (exact) mass is 847 g/mol. The number of benzene rings is 5. The van der Waals surface area contributed by atoms with Gasteiger partial charge in [0, 0.05) is 0 Å². The Labute approximate surface area is 346 Å². The van der Waals surface area contributed by atoms with Crippen molar-refractivity contribution < 1.29 is 38.3 Å². The Morgan fingerprint density at radius 1 is 0.621 bits per heavy atom. The Morgan fingerprint density at radius 2 is 1.12 bits per heavy atom. The first kappa shape index (κ1) is 40.3. The van der Waals surface area contributed by atoms with Crippen molar-refractivity contribution in [3.05, 3.63) is 191 Å². The summed E-state index contributed by atoms with van der Waals surface area (Å²) in [6.07, 6.45) is -1.72. The fourth-order valence-corrected chi connectivity index (χ4v) is 10.4. The summed E-state index contributed by atoms with van der Waals surface area (Å²) in [5, 5.41) is 16.3. The van der Waals surface area contributed by atoms with Crippen LogP contribution in [0.25, 0.3) is 0 Å². The standard InChI is InChI=1S/C48H49NO8Se/c50-42-41(40-32-58-48(56-40)45(42)57-47(51)37-24-14-5-15-25-37)49-39-26-38(31-52-27-33-16-6-1-7-17-33)43(53-28-34-18-8-2-9-19-34)46(55-30-36-22-12-4-13-23-36)44(39)54-29-35-20-10-3-11-21-35/h1-26,39-46,48-50H,27-32H2/t39-,40-,41-,42+,43-,44+,45-,46+,48+/m1/s1. The molecule has 2 fully saturated rings. The van der Waals surface area contributed by atoms with Gasteiger partial charge in [-0.2, -0.15) is 0 Å². The SMILES string of the molecule is O=C(O[C@@H]1[C@@H](O)[C@H](N[C@@H]2C=C(COCc3ccccc3)[C@@H](OCc3ccccc3)[C@H](OCc3ccccc3)[C@H]2OCc2ccccc2)[C@H]2C[Se][C@@H]1O2)c1ccccc1. The first-order valence-corrected chi connectivity index (χ1v) is 22.0. The summed E-state index contributed by atoms with van der Waals surface area (Å²) in [5.74, 6) is -0.486. The van der Waals surface area contributed by atoms with Crippen molar-refractivity contribution in [1.82, 2.24) is 5.32 Å². The van der Waals surface area contributed by atoms with E-state index in [0.29, 0.717) is 32.0 Å². The molecule has 0 aromatic heterocycles. The molecule has 0 saturated carbocycles. The molecule has 0 unspecified atom stereocenters. The molecule has 0 radical (unpaired) electrons. The molecule has 8 rings (SSSR count). The van der Waals surface area contributed by atoms with Crippen molar-refractivity contribution in [2.75, 3.05) is 6.61 Å². The average molecular weight is 847 g/mol. The number of esters is 1. The zero-order valence-corrected chi connectivity index (χ0v) is 33.9. The molecule has 3 aliphatic rings. The zero-order chi connectivity index (χ0) is 39.5. The fourth-order valence-electron chi connectivity index (χ4n) is 7.72. The van der Waals surface area contributed by atoms with E-state index in [4.69, 9.17) is 28.4 Å². The topological polar surface area (TPSA) is 105 Å². The molecule has 0 amide bonds. The minimum atomic E-state index is -1.03. The predicted molar refractivity (Wildman–Crippen MR) is 221 cm³/mol. The van der Waals surface area contributed by atoms with Gasteiger partial charge in [-0.1, -0.05) is 42.5 Å². The number of ether oxygens (including phenoxy) is 6. The Hall–Kier alpha value is -4.45. The number of hydrogen-bond acceptors (Lipinski definition) is 9. The van der Waals surface area contributed by atoms with Crippen molar-refractivity contribution in [3.63, 3.8) is 0 Å². The van der Waals surface area contributed by atoms with Crippen molar-refractivity contribution in [3.8, 4) is 0 Å². The molecule has 5 aromatic rings. The quantitative estimate of drug-likeness (QED) is 0.0604. The number of fused-ring (bicyclic) bond motifs is 2. The molecule has 9 atom stereocenters. The van der Waals surface area contributed by atoms with E-state index in [0.717, 1.165) is 33.1 Å². The molecule has 10 heteroatoms. The van der Waals surface area contributed by atoms with Crippen LogP contribution in [0, 0.1) is 0 Å². The van der Waals surface area contributed by atoms with E-state index in [2.05, 4.69) is 11.4 Å².